The third kappa shape index (κ3) is 8.09. The number of carbonyl (C=O) groups excluding carboxylic acids is 1. The minimum absolute atomic E-state index is 0.106. The molecule has 2 N–H and O–H groups in total. The van der Waals surface area contributed by atoms with Crippen LogP contribution in [0.3, 0.4) is 0 Å². The summed E-state index contributed by atoms with van der Waals surface area (Å²) in [5, 5.41) is 11.4. The van der Waals surface area contributed by atoms with E-state index in [1.165, 1.54) is 0 Å². The zero-order valence-corrected chi connectivity index (χ0v) is 11.9. The first-order chi connectivity index (χ1) is 8.49. The Bertz CT molecular complexity index is 251. The standard InChI is InChI=1S/C14H27NO3/c1-4-8-12(11(2)3)14(18)15-10-7-5-6-9-13(16)17/h11-12H,4-10H2,1-3H3,(H,15,18)(H,16,17). The van der Waals surface area contributed by atoms with E-state index >= 15 is 0 Å². The van der Waals surface area contributed by atoms with Gasteiger partial charge < -0.3 is 10.4 Å². The van der Waals surface area contributed by atoms with Gasteiger partial charge in [-0.2, -0.15) is 0 Å². The summed E-state index contributed by atoms with van der Waals surface area (Å²) in [5.41, 5.74) is 0. The summed E-state index contributed by atoms with van der Waals surface area (Å²) in [5.74, 6) is -0.127. The van der Waals surface area contributed by atoms with E-state index in [4.69, 9.17) is 5.11 Å². The van der Waals surface area contributed by atoms with Gasteiger partial charge in [0.2, 0.25) is 5.91 Å². The SMILES string of the molecule is CCCC(C(=O)NCCCCCC(=O)O)C(C)C. The van der Waals surface area contributed by atoms with E-state index < -0.39 is 5.97 Å². The number of hydrogen-bond donors (Lipinski definition) is 2. The van der Waals surface area contributed by atoms with E-state index in [-0.39, 0.29) is 18.2 Å². The normalized spacial score (nSPS) is 12.4. The maximum absolute atomic E-state index is 11.9. The summed E-state index contributed by atoms with van der Waals surface area (Å²) in [6, 6.07) is 0. The predicted octanol–water partition coefficient (Wildman–Crippen LogP) is 2.82. The van der Waals surface area contributed by atoms with Crippen LogP contribution in [0.15, 0.2) is 0 Å². The number of aliphatic carboxylic acids is 1. The highest BCUT2D eigenvalue weighted by atomic mass is 16.4. The van der Waals surface area contributed by atoms with Crippen molar-refractivity contribution in [3.05, 3.63) is 0 Å². The molecule has 0 aliphatic heterocycles. The second kappa shape index (κ2) is 9.92. The van der Waals surface area contributed by atoms with Crippen LogP contribution in [0.2, 0.25) is 0 Å². The average Bonchev–Trinajstić information content (AvgIpc) is 2.29. The molecule has 0 aromatic heterocycles. The second-order valence-electron chi connectivity index (χ2n) is 5.13. The van der Waals surface area contributed by atoms with Crippen molar-refractivity contribution in [3.8, 4) is 0 Å². The molecule has 18 heavy (non-hydrogen) atoms. The molecule has 0 fully saturated rings. The van der Waals surface area contributed by atoms with E-state index in [1.807, 2.05) is 0 Å². The van der Waals surface area contributed by atoms with Crippen LogP contribution >= 0.6 is 0 Å². The fourth-order valence-electron chi connectivity index (χ4n) is 2.00. The maximum atomic E-state index is 11.9. The first-order valence-electron chi connectivity index (χ1n) is 6.98. The first kappa shape index (κ1) is 16.9. The zero-order valence-electron chi connectivity index (χ0n) is 11.9. The number of rotatable bonds is 10. The van der Waals surface area contributed by atoms with Crippen LogP contribution in [0.5, 0.6) is 0 Å². The van der Waals surface area contributed by atoms with Crippen molar-refractivity contribution in [2.45, 2.75) is 59.3 Å². The Balaban J connectivity index is 3.70. The average molecular weight is 257 g/mol. The van der Waals surface area contributed by atoms with Gasteiger partial charge in [-0.3, -0.25) is 9.59 Å². The molecule has 0 rings (SSSR count). The molecule has 0 aliphatic carbocycles. The molecule has 1 atom stereocenters. The zero-order chi connectivity index (χ0) is 14.0. The van der Waals surface area contributed by atoms with Gasteiger partial charge >= 0.3 is 5.97 Å². The Kier molecular flexibility index (Phi) is 9.33. The Morgan fingerprint density at radius 1 is 1.17 bits per heavy atom. The highest BCUT2D eigenvalue weighted by Gasteiger charge is 2.20. The van der Waals surface area contributed by atoms with Crippen molar-refractivity contribution in [2.75, 3.05) is 6.54 Å². The molecular formula is C14H27NO3. The van der Waals surface area contributed by atoms with Crippen molar-refractivity contribution >= 4 is 11.9 Å². The summed E-state index contributed by atoms with van der Waals surface area (Å²) in [4.78, 5) is 22.2. The van der Waals surface area contributed by atoms with Gasteiger partial charge in [0.05, 0.1) is 0 Å². The van der Waals surface area contributed by atoms with Crippen LogP contribution in [0.25, 0.3) is 0 Å². The Morgan fingerprint density at radius 3 is 2.33 bits per heavy atom. The van der Waals surface area contributed by atoms with Gasteiger partial charge in [0, 0.05) is 18.9 Å². The van der Waals surface area contributed by atoms with Crippen LogP contribution in [-0.2, 0) is 9.59 Å². The molecule has 0 saturated heterocycles. The van der Waals surface area contributed by atoms with Gasteiger partial charge in [-0.25, -0.2) is 0 Å². The fraction of sp³-hybridized carbons (Fsp3) is 0.857. The number of nitrogens with one attached hydrogen (secondary N) is 1. The predicted molar refractivity (Wildman–Crippen MR) is 72.3 cm³/mol. The third-order valence-corrected chi connectivity index (χ3v) is 3.11. The number of carbonyl (C=O) groups is 2. The molecule has 0 aromatic rings. The molecule has 1 unspecified atom stereocenters. The Morgan fingerprint density at radius 2 is 1.83 bits per heavy atom. The van der Waals surface area contributed by atoms with Crippen LogP contribution in [0.1, 0.15) is 59.3 Å². The van der Waals surface area contributed by atoms with Crippen molar-refractivity contribution in [3.63, 3.8) is 0 Å². The fourth-order valence-corrected chi connectivity index (χ4v) is 2.00. The number of carboxylic acids is 1. The van der Waals surface area contributed by atoms with E-state index in [0.717, 1.165) is 25.7 Å². The molecular weight excluding hydrogens is 230 g/mol. The van der Waals surface area contributed by atoms with Gasteiger partial charge in [-0.1, -0.05) is 33.6 Å². The largest absolute Gasteiger partial charge is 0.481 e. The lowest BCUT2D eigenvalue weighted by atomic mass is 9.90. The van der Waals surface area contributed by atoms with Crippen molar-refractivity contribution < 1.29 is 14.7 Å². The highest BCUT2D eigenvalue weighted by molar-refractivity contribution is 5.78. The van der Waals surface area contributed by atoms with Gasteiger partial charge in [0.15, 0.2) is 0 Å². The molecule has 0 heterocycles. The summed E-state index contributed by atoms with van der Waals surface area (Å²) in [6.07, 6.45) is 4.58. The van der Waals surface area contributed by atoms with Gasteiger partial charge in [0.1, 0.15) is 0 Å². The summed E-state index contributed by atoms with van der Waals surface area (Å²) >= 11 is 0. The molecule has 0 radical (unpaired) electrons. The minimum atomic E-state index is -0.748. The van der Waals surface area contributed by atoms with E-state index in [0.29, 0.717) is 18.9 Å². The molecule has 106 valence electrons. The Labute approximate surface area is 110 Å². The van der Waals surface area contributed by atoms with Crippen molar-refractivity contribution in [1.29, 1.82) is 0 Å². The second-order valence-corrected chi connectivity index (χ2v) is 5.13. The van der Waals surface area contributed by atoms with Gasteiger partial charge in [0.25, 0.3) is 0 Å². The number of carboxylic acid groups (broad SMARTS) is 1. The summed E-state index contributed by atoms with van der Waals surface area (Å²) < 4.78 is 0. The van der Waals surface area contributed by atoms with Crippen molar-refractivity contribution in [1.82, 2.24) is 5.32 Å². The van der Waals surface area contributed by atoms with Crippen LogP contribution in [-0.4, -0.2) is 23.5 Å². The van der Waals surface area contributed by atoms with Crippen LogP contribution < -0.4 is 5.32 Å². The van der Waals surface area contributed by atoms with E-state index in [9.17, 15) is 9.59 Å². The molecule has 0 spiro atoms. The molecule has 0 aromatic carbocycles. The third-order valence-electron chi connectivity index (χ3n) is 3.11. The van der Waals surface area contributed by atoms with Gasteiger partial charge in [-0.15, -0.1) is 0 Å². The first-order valence-corrected chi connectivity index (χ1v) is 6.98. The number of hydrogen-bond acceptors (Lipinski definition) is 2. The molecule has 0 aliphatic rings. The summed E-state index contributed by atoms with van der Waals surface area (Å²) in [6.45, 7) is 6.90. The molecule has 0 bridgehead atoms. The smallest absolute Gasteiger partial charge is 0.303 e. The quantitative estimate of drug-likeness (QED) is 0.591. The topological polar surface area (TPSA) is 66.4 Å². The molecule has 4 heteroatoms. The number of unbranched alkanes of at least 4 members (excludes halogenated alkanes) is 2. The minimum Gasteiger partial charge on any atom is -0.481 e. The molecule has 1 amide bonds. The van der Waals surface area contributed by atoms with E-state index in [1.54, 1.807) is 0 Å². The van der Waals surface area contributed by atoms with Crippen molar-refractivity contribution in [2.24, 2.45) is 11.8 Å². The van der Waals surface area contributed by atoms with Gasteiger partial charge in [-0.05, 0) is 25.2 Å². The summed E-state index contributed by atoms with van der Waals surface area (Å²) in [7, 11) is 0. The lowest BCUT2D eigenvalue weighted by Gasteiger charge is -2.19. The van der Waals surface area contributed by atoms with Crippen LogP contribution in [0, 0.1) is 11.8 Å². The number of amides is 1. The lowest BCUT2D eigenvalue weighted by molar-refractivity contribution is -0.137. The monoisotopic (exact) mass is 257 g/mol. The van der Waals surface area contributed by atoms with Crippen LogP contribution in [0.4, 0.5) is 0 Å². The maximum Gasteiger partial charge on any atom is 0.303 e. The molecule has 4 nitrogen and oxygen atoms in total. The van der Waals surface area contributed by atoms with E-state index in [2.05, 4.69) is 26.1 Å². The molecule has 0 saturated carbocycles. The Hall–Kier alpha value is -1.06. The lowest BCUT2D eigenvalue weighted by Crippen LogP contribution is -2.34. The highest BCUT2D eigenvalue weighted by Crippen LogP contribution is 2.17.